The number of hydrazine groups is 1. The summed E-state index contributed by atoms with van der Waals surface area (Å²) in [6, 6.07) is 37.3. The number of benzene rings is 4. The minimum Gasteiger partial charge on any atom is -0.294 e. The van der Waals surface area contributed by atoms with Gasteiger partial charge in [0, 0.05) is 17.5 Å². The Labute approximate surface area is 188 Å². The predicted molar refractivity (Wildman–Crippen MR) is 127 cm³/mol. The smallest absolute Gasteiger partial charge is 0.269 e. The standard InChI is InChI=1S/C28H24N2O2/c31-27(23-15-7-2-8-16-23)21-26(22-13-5-1-6-14-22)30(25-19-11-4-12-20-25)29-28(32)24-17-9-3-10-18-24/h1-20,26H,21H2,(H,29,32). The van der Waals surface area contributed by atoms with Crippen molar-refractivity contribution in [1.82, 2.24) is 5.43 Å². The van der Waals surface area contributed by atoms with Crippen molar-refractivity contribution >= 4 is 17.4 Å². The van der Waals surface area contributed by atoms with Crippen molar-refractivity contribution in [3.05, 3.63) is 138 Å². The van der Waals surface area contributed by atoms with Crippen molar-refractivity contribution in [2.75, 3.05) is 5.01 Å². The van der Waals surface area contributed by atoms with Crippen LogP contribution in [0.4, 0.5) is 5.69 Å². The van der Waals surface area contributed by atoms with E-state index in [4.69, 9.17) is 0 Å². The monoisotopic (exact) mass is 420 g/mol. The number of carbonyl (C=O) groups excluding carboxylic acids is 2. The molecule has 1 atom stereocenters. The van der Waals surface area contributed by atoms with E-state index in [-0.39, 0.29) is 24.2 Å². The molecule has 1 amide bonds. The third kappa shape index (κ3) is 5.10. The van der Waals surface area contributed by atoms with Crippen molar-refractivity contribution < 1.29 is 9.59 Å². The first kappa shape index (κ1) is 21.1. The number of hydrogen-bond acceptors (Lipinski definition) is 3. The highest BCUT2D eigenvalue weighted by molar-refractivity contribution is 5.97. The second kappa shape index (κ2) is 10.2. The molecule has 0 saturated carbocycles. The molecule has 0 aromatic heterocycles. The topological polar surface area (TPSA) is 49.4 Å². The largest absolute Gasteiger partial charge is 0.294 e. The summed E-state index contributed by atoms with van der Waals surface area (Å²) in [4.78, 5) is 26.3. The molecule has 32 heavy (non-hydrogen) atoms. The Hall–Kier alpha value is -4.18. The van der Waals surface area contributed by atoms with Gasteiger partial charge in [-0.05, 0) is 29.8 Å². The number of para-hydroxylation sites is 1. The molecule has 0 aliphatic heterocycles. The number of nitrogens with zero attached hydrogens (tertiary/aromatic N) is 1. The molecular weight excluding hydrogens is 396 g/mol. The van der Waals surface area contributed by atoms with Crippen LogP contribution in [0.25, 0.3) is 0 Å². The summed E-state index contributed by atoms with van der Waals surface area (Å²) >= 11 is 0. The third-order valence-corrected chi connectivity index (χ3v) is 5.26. The minimum absolute atomic E-state index is 0.00865. The van der Waals surface area contributed by atoms with Crippen LogP contribution in [0.2, 0.25) is 0 Å². The highest BCUT2D eigenvalue weighted by Gasteiger charge is 2.26. The molecule has 1 unspecified atom stereocenters. The summed E-state index contributed by atoms with van der Waals surface area (Å²) in [5.74, 6) is -0.225. The Morgan fingerprint density at radius 1 is 0.625 bits per heavy atom. The molecule has 0 aliphatic rings. The molecule has 0 radical (unpaired) electrons. The fraction of sp³-hybridized carbons (Fsp3) is 0.0714. The van der Waals surface area contributed by atoms with Crippen LogP contribution >= 0.6 is 0 Å². The molecule has 0 fully saturated rings. The van der Waals surface area contributed by atoms with E-state index in [0.29, 0.717) is 11.1 Å². The summed E-state index contributed by atoms with van der Waals surface area (Å²) in [7, 11) is 0. The predicted octanol–water partition coefficient (Wildman–Crippen LogP) is 5.85. The maximum Gasteiger partial charge on any atom is 0.269 e. The van der Waals surface area contributed by atoms with Gasteiger partial charge in [0.1, 0.15) is 0 Å². The number of ketones is 1. The van der Waals surface area contributed by atoms with Crippen LogP contribution in [0.1, 0.15) is 38.7 Å². The van der Waals surface area contributed by atoms with E-state index in [9.17, 15) is 9.59 Å². The van der Waals surface area contributed by atoms with Gasteiger partial charge in [0.25, 0.3) is 5.91 Å². The average Bonchev–Trinajstić information content (AvgIpc) is 2.88. The summed E-state index contributed by atoms with van der Waals surface area (Å²) in [6.45, 7) is 0. The molecule has 1 N–H and O–H groups in total. The number of rotatable bonds is 8. The van der Waals surface area contributed by atoms with Crippen LogP contribution in [0, 0.1) is 0 Å². The van der Waals surface area contributed by atoms with Gasteiger partial charge in [-0.15, -0.1) is 0 Å². The molecule has 4 nitrogen and oxygen atoms in total. The fourth-order valence-corrected chi connectivity index (χ4v) is 3.63. The number of nitrogens with one attached hydrogen (secondary N) is 1. The molecule has 0 bridgehead atoms. The molecule has 0 saturated heterocycles. The van der Waals surface area contributed by atoms with Crippen LogP contribution in [0.3, 0.4) is 0 Å². The zero-order valence-electron chi connectivity index (χ0n) is 17.6. The molecule has 0 spiro atoms. The second-order valence-electron chi connectivity index (χ2n) is 7.43. The normalized spacial score (nSPS) is 11.4. The van der Waals surface area contributed by atoms with E-state index in [1.807, 2.05) is 109 Å². The Morgan fingerprint density at radius 2 is 1.09 bits per heavy atom. The van der Waals surface area contributed by atoms with Crippen LogP contribution < -0.4 is 10.4 Å². The first-order chi connectivity index (χ1) is 15.7. The van der Waals surface area contributed by atoms with Gasteiger partial charge in [-0.2, -0.15) is 0 Å². The maximum absolute atomic E-state index is 13.2. The van der Waals surface area contributed by atoms with Crippen LogP contribution in [0.15, 0.2) is 121 Å². The van der Waals surface area contributed by atoms with Gasteiger partial charge < -0.3 is 0 Å². The molecule has 4 aromatic carbocycles. The van der Waals surface area contributed by atoms with Gasteiger partial charge in [-0.25, -0.2) is 0 Å². The number of hydrogen-bond donors (Lipinski definition) is 1. The Morgan fingerprint density at radius 3 is 1.66 bits per heavy atom. The summed E-state index contributed by atoms with van der Waals surface area (Å²) in [5, 5.41) is 1.80. The first-order valence-electron chi connectivity index (χ1n) is 10.6. The lowest BCUT2D eigenvalue weighted by Crippen LogP contribution is -2.45. The zero-order valence-corrected chi connectivity index (χ0v) is 17.6. The van der Waals surface area contributed by atoms with E-state index in [1.54, 1.807) is 17.1 Å². The quantitative estimate of drug-likeness (QED) is 0.287. The van der Waals surface area contributed by atoms with Gasteiger partial charge in [-0.3, -0.25) is 20.0 Å². The Balaban J connectivity index is 1.72. The molecule has 4 rings (SSSR count). The van der Waals surface area contributed by atoms with Crippen molar-refractivity contribution in [2.45, 2.75) is 12.5 Å². The number of Topliss-reactive ketones (excluding diaryl/α,β-unsaturated/α-hetero) is 1. The molecular formula is C28H24N2O2. The summed E-state index contributed by atoms with van der Waals surface area (Å²) in [6.07, 6.45) is 0.206. The highest BCUT2D eigenvalue weighted by Crippen LogP contribution is 2.30. The Kier molecular flexibility index (Phi) is 6.73. The molecule has 0 aliphatic carbocycles. The zero-order chi connectivity index (χ0) is 22.2. The van der Waals surface area contributed by atoms with Crippen molar-refractivity contribution in [3.8, 4) is 0 Å². The average molecular weight is 421 g/mol. The van der Waals surface area contributed by atoms with Gasteiger partial charge in [0.2, 0.25) is 0 Å². The molecule has 0 heterocycles. The van der Waals surface area contributed by atoms with E-state index >= 15 is 0 Å². The fourth-order valence-electron chi connectivity index (χ4n) is 3.63. The van der Waals surface area contributed by atoms with Crippen molar-refractivity contribution in [3.63, 3.8) is 0 Å². The van der Waals surface area contributed by atoms with Crippen LogP contribution in [-0.2, 0) is 0 Å². The SMILES string of the molecule is O=C(CC(c1ccccc1)N(NC(=O)c1ccccc1)c1ccccc1)c1ccccc1. The third-order valence-electron chi connectivity index (χ3n) is 5.26. The van der Waals surface area contributed by atoms with Gasteiger partial charge in [0.15, 0.2) is 5.78 Å². The van der Waals surface area contributed by atoms with Crippen molar-refractivity contribution in [1.29, 1.82) is 0 Å². The maximum atomic E-state index is 13.2. The molecule has 158 valence electrons. The lowest BCUT2D eigenvalue weighted by Gasteiger charge is -2.34. The number of carbonyl (C=O) groups is 2. The van der Waals surface area contributed by atoms with Crippen LogP contribution in [0.5, 0.6) is 0 Å². The summed E-state index contributed by atoms with van der Waals surface area (Å²) < 4.78 is 0. The molecule has 4 aromatic rings. The number of amides is 1. The van der Waals surface area contributed by atoms with Crippen LogP contribution in [-0.4, -0.2) is 11.7 Å². The number of anilines is 1. The second-order valence-corrected chi connectivity index (χ2v) is 7.43. The minimum atomic E-state index is -0.390. The lowest BCUT2D eigenvalue weighted by atomic mass is 9.97. The lowest BCUT2D eigenvalue weighted by molar-refractivity contribution is 0.0922. The van der Waals surface area contributed by atoms with Gasteiger partial charge in [0.05, 0.1) is 11.7 Å². The first-order valence-corrected chi connectivity index (χ1v) is 10.6. The van der Waals surface area contributed by atoms with E-state index in [2.05, 4.69) is 5.43 Å². The van der Waals surface area contributed by atoms with Gasteiger partial charge in [-0.1, -0.05) is 97.1 Å². The van der Waals surface area contributed by atoms with E-state index in [0.717, 1.165) is 11.3 Å². The molecule has 4 heteroatoms. The Bertz CT molecular complexity index is 1050. The summed E-state index contributed by atoms with van der Waals surface area (Å²) in [5.41, 5.74) is 5.98. The highest BCUT2D eigenvalue weighted by atomic mass is 16.2. The van der Waals surface area contributed by atoms with E-state index < -0.39 is 0 Å². The van der Waals surface area contributed by atoms with Crippen molar-refractivity contribution in [2.24, 2.45) is 0 Å². The van der Waals surface area contributed by atoms with E-state index in [1.165, 1.54) is 0 Å². The van der Waals surface area contributed by atoms with Gasteiger partial charge >= 0.3 is 0 Å².